The number of hydrogen-bond acceptors (Lipinski definition) is 9. The van der Waals surface area contributed by atoms with Gasteiger partial charge in [0, 0.05) is 41.5 Å². The van der Waals surface area contributed by atoms with Gasteiger partial charge in [-0.2, -0.15) is 5.26 Å². The summed E-state index contributed by atoms with van der Waals surface area (Å²) >= 11 is 0. The molecule has 8 rings (SSSR count). The molecule has 2 aliphatic carbocycles. The van der Waals surface area contributed by atoms with Crippen LogP contribution in [-0.4, -0.2) is 68.6 Å². The molecular formula is C31H37N13O. The molecule has 0 radical (unpaired) electrons. The topological polar surface area (TPSA) is 197 Å². The Morgan fingerprint density at radius 3 is 1.84 bits per heavy atom. The molecule has 2 aliphatic rings. The van der Waals surface area contributed by atoms with Crippen LogP contribution < -0.4 is 11.1 Å². The predicted octanol–water partition coefficient (Wildman–Crippen LogP) is 3.75. The summed E-state index contributed by atoms with van der Waals surface area (Å²) in [6, 6.07) is 5.94. The Balaban J connectivity index is 0.000000148. The number of carbonyl (C=O) groups is 1. The highest BCUT2D eigenvalue weighted by atomic mass is 16.1. The van der Waals surface area contributed by atoms with Crippen LogP contribution in [-0.2, 0) is 4.79 Å². The minimum atomic E-state index is -0.184. The molecule has 0 aliphatic heterocycles. The zero-order valence-electron chi connectivity index (χ0n) is 25.1. The summed E-state index contributed by atoms with van der Waals surface area (Å²) in [7, 11) is 0. The van der Waals surface area contributed by atoms with Crippen molar-refractivity contribution in [3.8, 4) is 6.07 Å². The summed E-state index contributed by atoms with van der Waals surface area (Å²) in [4.78, 5) is 26.4. The van der Waals surface area contributed by atoms with E-state index >= 15 is 0 Å². The van der Waals surface area contributed by atoms with E-state index in [9.17, 15) is 4.79 Å². The van der Waals surface area contributed by atoms with Crippen molar-refractivity contribution in [2.75, 3.05) is 13.1 Å². The molecule has 6 aromatic rings. The van der Waals surface area contributed by atoms with Gasteiger partial charge >= 0.3 is 0 Å². The van der Waals surface area contributed by atoms with Gasteiger partial charge in [0.1, 0.15) is 41.4 Å². The largest absolute Gasteiger partial charge is 0.355 e. The number of nitrogens with one attached hydrogen (secondary N) is 3. The van der Waals surface area contributed by atoms with E-state index in [1.165, 1.54) is 12.8 Å². The lowest BCUT2D eigenvalue weighted by atomic mass is 9.80. The average molecular weight is 608 g/mol. The van der Waals surface area contributed by atoms with Gasteiger partial charge in [-0.1, -0.05) is 10.4 Å². The first-order valence-electron chi connectivity index (χ1n) is 15.8. The molecular weight excluding hydrogens is 570 g/mol. The molecule has 2 fully saturated rings. The van der Waals surface area contributed by atoms with Crippen LogP contribution >= 0.6 is 0 Å². The summed E-state index contributed by atoms with van der Waals surface area (Å²) in [5.41, 5.74) is 11.8. The lowest BCUT2D eigenvalue weighted by molar-refractivity contribution is -0.120. The van der Waals surface area contributed by atoms with E-state index in [0.717, 1.165) is 89.6 Å². The molecule has 0 atom stereocenters. The lowest BCUT2D eigenvalue weighted by Gasteiger charge is -2.27. The van der Waals surface area contributed by atoms with E-state index in [1.54, 1.807) is 21.7 Å². The van der Waals surface area contributed by atoms with Crippen molar-refractivity contribution in [3.05, 3.63) is 48.6 Å². The number of rotatable bonds is 6. The number of H-pyrrole nitrogens is 2. The Hall–Kier alpha value is -4.90. The van der Waals surface area contributed by atoms with Crippen LogP contribution in [0.25, 0.3) is 33.1 Å². The van der Waals surface area contributed by atoms with Gasteiger partial charge in [0.2, 0.25) is 5.91 Å². The molecule has 0 aromatic carbocycles. The molecule has 14 heteroatoms. The molecule has 0 spiro atoms. The zero-order valence-corrected chi connectivity index (χ0v) is 25.1. The van der Waals surface area contributed by atoms with Crippen molar-refractivity contribution in [1.82, 2.24) is 54.9 Å². The minimum Gasteiger partial charge on any atom is -0.355 e. The average Bonchev–Trinajstić information content (AvgIpc) is 3.89. The van der Waals surface area contributed by atoms with Crippen molar-refractivity contribution in [3.63, 3.8) is 0 Å². The van der Waals surface area contributed by atoms with E-state index in [4.69, 9.17) is 11.0 Å². The summed E-state index contributed by atoms with van der Waals surface area (Å²) in [6.07, 6.45) is 16.0. The molecule has 1 amide bonds. The molecule has 0 bridgehead atoms. The second-order valence-electron chi connectivity index (χ2n) is 12.3. The van der Waals surface area contributed by atoms with Crippen molar-refractivity contribution < 1.29 is 4.79 Å². The van der Waals surface area contributed by atoms with Crippen molar-refractivity contribution in [2.45, 2.75) is 69.6 Å². The van der Waals surface area contributed by atoms with E-state index in [0.29, 0.717) is 30.2 Å². The second-order valence-corrected chi connectivity index (χ2v) is 12.3. The Bertz CT molecular complexity index is 1960. The van der Waals surface area contributed by atoms with Gasteiger partial charge < -0.3 is 21.0 Å². The Morgan fingerprint density at radius 1 is 0.844 bits per heavy atom. The van der Waals surface area contributed by atoms with Crippen LogP contribution in [0.5, 0.6) is 0 Å². The van der Waals surface area contributed by atoms with Gasteiger partial charge in [-0.3, -0.25) is 4.79 Å². The monoisotopic (exact) mass is 607 g/mol. The minimum absolute atomic E-state index is 0.0671. The lowest BCUT2D eigenvalue weighted by Crippen LogP contribution is -2.30. The molecule has 2 saturated carbocycles. The molecule has 6 heterocycles. The fourth-order valence-electron chi connectivity index (χ4n) is 7.09. The van der Waals surface area contributed by atoms with Gasteiger partial charge in [-0.15, -0.1) is 10.2 Å². The van der Waals surface area contributed by atoms with Gasteiger partial charge in [-0.25, -0.2) is 19.0 Å². The third kappa shape index (κ3) is 5.71. The zero-order chi connectivity index (χ0) is 30.8. The normalized spacial score (nSPS) is 22.0. The number of fused-ring (bicyclic) bond motifs is 6. The maximum absolute atomic E-state index is 11.4. The van der Waals surface area contributed by atoms with Gasteiger partial charge in [0.15, 0.2) is 0 Å². The maximum atomic E-state index is 11.4. The van der Waals surface area contributed by atoms with Crippen LogP contribution in [0.3, 0.4) is 0 Å². The molecule has 45 heavy (non-hydrogen) atoms. The van der Waals surface area contributed by atoms with Crippen molar-refractivity contribution in [1.29, 1.82) is 5.26 Å². The number of hydrogen-bond donors (Lipinski definition) is 4. The Labute approximate surface area is 258 Å². The number of aromatic nitrogens is 10. The van der Waals surface area contributed by atoms with Crippen LogP contribution in [0.1, 0.15) is 81.0 Å². The highest BCUT2D eigenvalue weighted by Crippen LogP contribution is 2.38. The smallest absolute Gasteiger partial charge is 0.234 e. The SMILES string of the molecule is N#CCC(=O)NCC1CCC(c2nnn3cnc4[nH]ccc4c23)CC1.NCC1CCC(c2nnn3cnc4[nH]ccc4c23)CC1. The Morgan fingerprint density at radius 2 is 1.36 bits per heavy atom. The van der Waals surface area contributed by atoms with E-state index in [2.05, 4.69) is 51.9 Å². The summed E-state index contributed by atoms with van der Waals surface area (Å²) in [5.74, 6) is 1.84. The van der Waals surface area contributed by atoms with Crippen LogP contribution in [0, 0.1) is 23.2 Å². The fraction of sp³-hybridized carbons (Fsp3) is 0.484. The van der Waals surface area contributed by atoms with E-state index in [-0.39, 0.29) is 12.3 Å². The van der Waals surface area contributed by atoms with Crippen molar-refractivity contribution in [2.24, 2.45) is 17.6 Å². The maximum Gasteiger partial charge on any atom is 0.234 e. The predicted molar refractivity (Wildman–Crippen MR) is 167 cm³/mol. The van der Waals surface area contributed by atoms with E-state index in [1.807, 2.05) is 24.5 Å². The van der Waals surface area contributed by atoms with Crippen LogP contribution in [0.15, 0.2) is 37.2 Å². The molecule has 14 nitrogen and oxygen atoms in total. The van der Waals surface area contributed by atoms with Crippen LogP contribution in [0.2, 0.25) is 0 Å². The van der Waals surface area contributed by atoms with Gasteiger partial charge in [-0.05, 0) is 81.9 Å². The first-order valence-corrected chi connectivity index (χ1v) is 15.8. The molecule has 6 aromatic heterocycles. The number of nitrogens with zero attached hydrogens (tertiary/aromatic N) is 9. The number of nitriles is 1. The highest BCUT2D eigenvalue weighted by Gasteiger charge is 2.28. The molecule has 0 saturated heterocycles. The summed E-state index contributed by atoms with van der Waals surface area (Å²) in [6.45, 7) is 1.46. The number of carbonyl (C=O) groups excluding carboxylic acids is 1. The van der Waals surface area contributed by atoms with Gasteiger partial charge in [0.25, 0.3) is 0 Å². The first kappa shape index (κ1) is 28.8. The summed E-state index contributed by atoms with van der Waals surface area (Å²) in [5, 5.41) is 30.8. The summed E-state index contributed by atoms with van der Waals surface area (Å²) < 4.78 is 3.54. The standard InChI is InChI=1S/C17H19N7O.C14H18N6/c18-7-5-14(25)20-9-11-1-3-12(4-2-11)15-16-13-6-8-19-17(13)21-10-24(16)23-22-15;15-7-9-1-3-10(4-2-9)12-13-11-5-6-16-14(11)17-8-20(13)19-18-12/h6,8,10-12,19H,1-5,9H2,(H,20,25);5-6,8-10,16H,1-4,7,15H2. The van der Waals surface area contributed by atoms with E-state index < -0.39 is 0 Å². The van der Waals surface area contributed by atoms with Gasteiger partial charge in [0.05, 0.1) is 17.5 Å². The van der Waals surface area contributed by atoms with Crippen LogP contribution in [0.4, 0.5) is 0 Å². The first-order chi connectivity index (χ1) is 22.1. The highest BCUT2D eigenvalue weighted by molar-refractivity contribution is 5.93. The quantitative estimate of drug-likeness (QED) is 0.218. The molecule has 0 unspecified atom stereocenters. The third-order valence-electron chi connectivity index (χ3n) is 9.62. The second kappa shape index (κ2) is 12.6. The third-order valence-corrected chi connectivity index (χ3v) is 9.62. The number of amides is 1. The number of aromatic amines is 2. The van der Waals surface area contributed by atoms with Crippen molar-refractivity contribution >= 4 is 39.0 Å². The number of nitrogens with two attached hydrogens (primary N) is 1. The molecule has 232 valence electrons. The molecule has 5 N–H and O–H groups in total. The Kier molecular flexibility index (Phi) is 8.08. The fourth-order valence-corrected chi connectivity index (χ4v) is 7.09.